The van der Waals surface area contributed by atoms with Crippen LogP contribution in [0.5, 0.6) is 5.75 Å². The van der Waals surface area contributed by atoms with E-state index in [1.807, 2.05) is 6.92 Å². The molecule has 0 atom stereocenters. The number of aryl methyl sites for hydroxylation is 2. The van der Waals surface area contributed by atoms with E-state index < -0.39 is 17.3 Å². The molecule has 1 heterocycles. The van der Waals surface area contributed by atoms with E-state index >= 15 is 0 Å². The number of carbonyl (C=O) groups is 1. The minimum absolute atomic E-state index is 0.0984. The standard InChI is InChI=1S/C20H18FNO4/c1-3-13-9-20(24)26-18-10-14(5-6-15(13)18)25-11-19(23)22-17-7-4-12(2)8-16(17)21/h4-10H,3,11H2,1-2H3,(H,22,23). The van der Waals surface area contributed by atoms with Crippen molar-refractivity contribution in [3.8, 4) is 5.75 Å². The van der Waals surface area contributed by atoms with Crippen LogP contribution in [0, 0.1) is 12.7 Å². The molecule has 0 radical (unpaired) electrons. The molecule has 0 aliphatic rings. The molecule has 1 N–H and O–H groups in total. The van der Waals surface area contributed by atoms with Gasteiger partial charge in [-0.25, -0.2) is 9.18 Å². The van der Waals surface area contributed by atoms with Crippen molar-refractivity contribution in [1.82, 2.24) is 0 Å². The van der Waals surface area contributed by atoms with E-state index in [2.05, 4.69) is 5.32 Å². The molecule has 3 rings (SSSR count). The molecule has 3 aromatic rings. The molecule has 0 saturated heterocycles. The van der Waals surface area contributed by atoms with Crippen molar-refractivity contribution in [2.24, 2.45) is 0 Å². The molecule has 0 bridgehead atoms. The Morgan fingerprint density at radius 1 is 1.19 bits per heavy atom. The first-order valence-electron chi connectivity index (χ1n) is 8.22. The van der Waals surface area contributed by atoms with Crippen molar-refractivity contribution in [3.63, 3.8) is 0 Å². The Hall–Kier alpha value is -3.15. The number of nitrogens with one attached hydrogen (secondary N) is 1. The van der Waals surface area contributed by atoms with Crippen LogP contribution >= 0.6 is 0 Å². The van der Waals surface area contributed by atoms with Crippen LogP contribution in [0.25, 0.3) is 11.0 Å². The van der Waals surface area contributed by atoms with Gasteiger partial charge in [0.2, 0.25) is 0 Å². The number of halogens is 1. The van der Waals surface area contributed by atoms with Crippen LogP contribution in [0.2, 0.25) is 0 Å². The summed E-state index contributed by atoms with van der Waals surface area (Å²) in [7, 11) is 0. The maximum atomic E-state index is 13.8. The summed E-state index contributed by atoms with van der Waals surface area (Å²) in [5, 5.41) is 3.28. The van der Waals surface area contributed by atoms with Gasteiger partial charge in [0.05, 0.1) is 5.69 Å². The first-order valence-corrected chi connectivity index (χ1v) is 8.22. The number of fused-ring (bicyclic) bond motifs is 1. The molecule has 0 aliphatic carbocycles. The number of hydrogen-bond donors (Lipinski definition) is 1. The predicted molar refractivity (Wildman–Crippen MR) is 97.1 cm³/mol. The lowest BCUT2D eigenvalue weighted by atomic mass is 10.1. The molecule has 0 saturated carbocycles. The van der Waals surface area contributed by atoms with Crippen molar-refractivity contribution in [2.45, 2.75) is 20.3 Å². The molecular weight excluding hydrogens is 337 g/mol. The normalized spacial score (nSPS) is 10.7. The van der Waals surface area contributed by atoms with Gasteiger partial charge < -0.3 is 14.5 Å². The van der Waals surface area contributed by atoms with Gasteiger partial charge in [-0.2, -0.15) is 0 Å². The SMILES string of the molecule is CCc1cc(=O)oc2cc(OCC(=O)Nc3ccc(C)cc3F)ccc12. The Kier molecular flexibility index (Phi) is 5.02. The Bertz CT molecular complexity index is 1030. The summed E-state index contributed by atoms with van der Waals surface area (Å²) in [6, 6.07) is 11.1. The minimum atomic E-state index is -0.502. The van der Waals surface area contributed by atoms with Gasteiger partial charge in [0.25, 0.3) is 5.91 Å². The summed E-state index contributed by atoms with van der Waals surface area (Å²) < 4.78 is 24.4. The highest BCUT2D eigenvalue weighted by atomic mass is 19.1. The number of ether oxygens (including phenoxy) is 1. The maximum Gasteiger partial charge on any atom is 0.336 e. The Morgan fingerprint density at radius 3 is 2.73 bits per heavy atom. The molecule has 134 valence electrons. The zero-order valence-electron chi connectivity index (χ0n) is 14.5. The molecule has 0 fully saturated rings. The van der Waals surface area contributed by atoms with Crippen molar-refractivity contribution < 1.29 is 18.3 Å². The number of rotatable bonds is 5. The highest BCUT2D eigenvalue weighted by Crippen LogP contribution is 2.23. The third-order valence-electron chi connectivity index (χ3n) is 3.95. The molecule has 1 aromatic heterocycles. The molecule has 26 heavy (non-hydrogen) atoms. The Labute approximate surface area is 149 Å². The maximum absolute atomic E-state index is 13.8. The lowest BCUT2D eigenvalue weighted by Gasteiger charge is -2.09. The second-order valence-corrected chi connectivity index (χ2v) is 5.92. The molecule has 0 spiro atoms. The van der Waals surface area contributed by atoms with Gasteiger partial charge in [-0.05, 0) is 48.7 Å². The monoisotopic (exact) mass is 355 g/mol. The zero-order valence-corrected chi connectivity index (χ0v) is 14.5. The van der Waals surface area contributed by atoms with E-state index in [-0.39, 0.29) is 12.3 Å². The smallest absolute Gasteiger partial charge is 0.336 e. The van der Waals surface area contributed by atoms with Crippen LogP contribution in [-0.4, -0.2) is 12.5 Å². The zero-order chi connectivity index (χ0) is 18.7. The summed E-state index contributed by atoms with van der Waals surface area (Å²) in [6.45, 7) is 3.42. The molecule has 6 heteroatoms. The summed E-state index contributed by atoms with van der Waals surface area (Å²) in [4.78, 5) is 23.6. The van der Waals surface area contributed by atoms with Crippen LogP contribution in [0.1, 0.15) is 18.1 Å². The molecule has 0 aliphatic heterocycles. The lowest BCUT2D eigenvalue weighted by Crippen LogP contribution is -2.20. The third kappa shape index (κ3) is 3.91. The van der Waals surface area contributed by atoms with Crippen LogP contribution < -0.4 is 15.7 Å². The highest BCUT2D eigenvalue weighted by molar-refractivity contribution is 5.92. The number of amides is 1. The number of hydrogen-bond acceptors (Lipinski definition) is 4. The Balaban J connectivity index is 1.71. The molecule has 5 nitrogen and oxygen atoms in total. The summed E-state index contributed by atoms with van der Waals surface area (Å²) in [6.07, 6.45) is 0.701. The second kappa shape index (κ2) is 7.39. The minimum Gasteiger partial charge on any atom is -0.484 e. The number of anilines is 1. The highest BCUT2D eigenvalue weighted by Gasteiger charge is 2.10. The molecule has 0 unspecified atom stereocenters. The number of carbonyl (C=O) groups excluding carboxylic acids is 1. The first kappa shape index (κ1) is 17.7. The van der Waals surface area contributed by atoms with E-state index in [4.69, 9.17) is 9.15 Å². The lowest BCUT2D eigenvalue weighted by molar-refractivity contribution is -0.118. The Morgan fingerprint density at radius 2 is 2.00 bits per heavy atom. The van der Waals surface area contributed by atoms with Gasteiger partial charge >= 0.3 is 5.63 Å². The van der Waals surface area contributed by atoms with Crippen molar-refractivity contribution in [2.75, 3.05) is 11.9 Å². The van der Waals surface area contributed by atoms with E-state index in [1.165, 1.54) is 18.2 Å². The van der Waals surface area contributed by atoms with Crippen LogP contribution in [0.3, 0.4) is 0 Å². The fourth-order valence-corrected chi connectivity index (χ4v) is 2.65. The summed E-state index contributed by atoms with van der Waals surface area (Å²) >= 11 is 0. The van der Waals surface area contributed by atoms with Gasteiger partial charge in [0.15, 0.2) is 6.61 Å². The quantitative estimate of drug-likeness (QED) is 0.707. The first-order chi connectivity index (χ1) is 12.5. The average molecular weight is 355 g/mol. The fraction of sp³-hybridized carbons (Fsp3) is 0.200. The largest absolute Gasteiger partial charge is 0.484 e. The van der Waals surface area contributed by atoms with Gasteiger partial charge in [-0.15, -0.1) is 0 Å². The van der Waals surface area contributed by atoms with Crippen LogP contribution in [0.15, 0.2) is 51.7 Å². The van der Waals surface area contributed by atoms with Gasteiger partial charge in [0.1, 0.15) is 17.1 Å². The second-order valence-electron chi connectivity index (χ2n) is 5.92. The summed E-state index contributed by atoms with van der Waals surface area (Å²) in [5.41, 5.74) is 1.72. The van der Waals surface area contributed by atoms with E-state index in [0.29, 0.717) is 17.8 Å². The third-order valence-corrected chi connectivity index (χ3v) is 3.95. The molecule has 2 aromatic carbocycles. The van der Waals surface area contributed by atoms with E-state index in [0.717, 1.165) is 16.5 Å². The van der Waals surface area contributed by atoms with E-state index in [9.17, 15) is 14.0 Å². The van der Waals surface area contributed by atoms with Crippen molar-refractivity contribution in [3.05, 3.63) is 69.8 Å². The average Bonchev–Trinajstić information content (AvgIpc) is 2.61. The molecular formula is C20H18FNO4. The topological polar surface area (TPSA) is 68.5 Å². The van der Waals surface area contributed by atoms with Crippen molar-refractivity contribution >= 4 is 22.6 Å². The van der Waals surface area contributed by atoms with Crippen LogP contribution in [-0.2, 0) is 11.2 Å². The molecule has 1 amide bonds. The van der Waals surface area contributed by atoms with Gasteiger partial charge in [0, 0.05) is 17.5 Å². The number of benzene rings is 2. The fourth-order valence-electron chi connectivity index (χ4n) is 2.65. The van der Waals surface area contributed by atoms with Crippen LogP contribution in [0.4, 0.5) is 10.1 Å². The van der Waals surface area contributed by atoms with Gasteiger partial charge in [-0.3, -0.25) is 4.79 Å². The van der Waals surface area contributed by atoms with E-state index in [1.54, 1.807) is 31.2 Å². The predicted octanol–water partition coefficient (Wildman–Crippen LogP) is 3.82. The summed E-state index contributed by atoms with van der Waals surface area (Å²) in [5.74, 6) is -0.608. The van der Waals surface area contributed by atoms with Gasteiger partial charge in [-0.1, -0.05) is 13.0 Å². The van der Waals surface area contributed by atoms with Crippen molar-refractivity contribution in [1.29, 1.82) is 0 Å².